The second-order valence-corrected chi connectivity index (χ2v) is 8.36. The summed E-state index contributed by atoms with van der Waals surface area (Å²) in [5.41, 5.74) is 2.97. The van der Waals surface area contributed by atoms with Crippen molar-refractivity contribution in [3.63, 3.8) is 0 Å². The Hall–Kier alpha value is -1.92. The van der Waals surface area contributed by atoms with Crippen LogP contribution in [0, 0.1) is 0 Å². The van der Waals surface area contributed by atoms with Crippen molar-refractivity contribution in [2.75, 3.05) is 0 Å². The molecular weight excluding hydrogens is 403 g/mol. The number of aromatic hydroxyl groups is 1. The molecular formula is C22H27ClF3NO2. The molecule has 1 saturated carbocycles. The van der Waals surface area contributed by atoms with Gasteiger partial charge in [0.15, 0.2) is 0 Å². The van der Waals surface area contributed by atoms with Crippen LogP contribution in [0.5, 0.6) is 11.5 Å². The van der Waals surface area contributed by atoms with E-state index in [1.54, 1.807) is 0 Å². The number of nitrogens with one attached hydrogen (secondary N) is 1. The van der Waals surface area contributed by atoms with Gasteiger partial charge in [0.2, 0.25) is 0 Å². The van der Waals surface area contributed by atoms with Gasteiger partial charge in [0, 0.05) is 23.7 Å². The van der Waals surface area contributed by atoms with E-state index in [4.69, 9.17) is 0 Å². The van der Waals surface area contributed by atoms with E-state index in [-0.39, 0.29) is 29.3 Å². The molecule has 7 heteroatoms. The third-order valence-corrected chi connectivity index (χ3v) is 5.14. The monoisotopic (exact) mass is 429 g/mol. The van der Waals surface area contributed by atoms with Gasteiger partial charge in [0.25, 0.3) is 0 Å². The minimum atomic E-state index is -4.73. The van der Waals surface area contributed by atoms with Crippen LogP contribution in [-0.2, 0) is 12.0 Å². The van der Waals surface area contributed by atoms with Gasteiger partial charge in [-0.3, -0.25) is 0 Å². The van der Waals surface area contributed by atoms with Crippen molar-refractivity contribution in [3.05, 3.63) is 47.5 Å². The molecule has 1 fully saturated rings. The number of halogens is 4. The molecule has 0 unspecified atom stereocenters. The second kappa shape index (κ2) is 8.84. The molecule has 29 heavy (non-hydrogen) atoms. The predicted octanol–water partition coefficient (Wildman–Crippen LogP) is 6.32. The maximum atomic E-state index is 12.4. The van der Waals surface area contributed by atoms with Gasteiger partial charge >= 0.3 is 6.36 Å². The maximum Gasteiger partial charge on any atom is 0.573 e. The summed E-state index contributed by atoms with van der Waals surface area (Å²) < 4.78 is 41.1. The molecule has 0 aliphatic heterocycles. The quantitative estimate of drug-likeness (QED) is 0.584. The summed E-state index contributed by atoms with van der Waals surface area (Å²) in [6, 6.07) is 9.99. The first kappa shape index (κ1) is 23.4. The fraction of sp³-hybridized carbons (Fsp3) is 0.455. The molecule has 0 amide bonds. The SMILES string of the molecule is CC(C)(C)c1cc(CNC2CCC2)c(O)c(-c2ccc(OC(F)(F)F)cc2)c1.Cl. The van der Waals surface area contributed by atoms with Crippen molar-refractivity contribution in [2.45, 2.75) is 64.4 Å². The van der Waals surface area contributed by atoms with Gasteiger partial charge in [0.1, 0.15) is 11.5 Å². The average molecular weight is 430 g/mol. The highest BCUT2D eigenvalue weighted by Crippen LogP contribution is 2.38. The van der Waals surface area contributed by atoms with Crippen LogP contribution in [0.15, 0.2) is 36.4 Å². The van der Waals surface area contributed by atoms with Gasteiger partial charge in [-0.25, -0.2) is 0 Å². The summed E-state index contributed by atoms with van der Waals surface area (Å²) in [6.07, 6.45) is -1.21. The Bertz CT molecular complexity index is 826. The molecule has 1 aliphatic carbocycles. The van der Waals surface area contributed by atoms with Gasteiger partial charge in [-0.15, -0.1) is 25.6 Å². The van der Waals surface area contributed by atoms with Crippen molar-refractivity contribution < 1.29 is 23.0 Å². The number of phenols is 1. The highest BCUT2D eigenvalue weighted by Gasteiger charge is 2.31. The number of ether oxygens (including phenoxy) is 1. The number of hydrogen-bond donors (Lipinski definition) is 2. The van der Waals surface area contributed by atoms with Crippen LogP contribution in [0.4, 0.5) is 13.2 Å². The fourth-order valence-corrected chi connectivity index (χ4v) is 3.19. The smallest absolute Gasteiger partial charge is 0.507 e. The van der Waals surface area contributed by atoms with E-state index < -0.39 is 6.36 Å². The van der Waals surface area contributed by atoms with E-state index in [1.165, 1.54) is 30.7 Å². The van der Waals surface area contributed by atoms with Crippen LogP contribution in [-0.4, -0.2) is 17.5 Å². The Morgan fingerprint density at radius 2 is 1.69 bits per heavy atom. The van der Waals surface area contributed by atoms with Gasteiger partial charge in [-0.1, -0.05) is 45.4 Å². The molecule has 0 atom stereocenters. The number of hydrogen-bond acceptors (Lipinski definition) is 3. The number of rotatable bonds is 5. The summed E-state index contributed by atoms with van der Waals surface area (Å²) >= 11 is 0. The van der Waals surface area contributed by atoms with Crippen LogP contribution in [0.2, 0.25) is 0 Å². The standard InChI is InChI=1S/C22H26F3NO2.ClH/c1-21(2,3)16-11-15(13-26-17-5-4-6-17)20(27)19(12-16)14-7-9-18(10-8-14)28-22(23,24)25;/h7-12,17,26-27H,4-6,13H2,1-3H3;1H. The minimum absolute atomic E-state index is 0. The first-order valence-corrected chi connectivity index (χ1v) is 9.49. The summed E-state index contributed by atoms with van der Waals surface area (Å²) in [6.45, 7) is 6.83. The molecule has 0 spiro atoms. The molecule has 0 heterocycles. The van der Waals surface area contributed by atoms with Gasteiger partial charge in [-0.2, -0.15) is 0 Å². The van der Waals surface area contributed by atoms with Crippen molar-refractivity contribution in [2.24, 2.45) is 0 Å². The largest absolute Gasteiger partial charge is 0.573 e. The lowest BCUT2D eigenvalue weighted by Gasteiger charge is -2.28. The normalized spacial score (nSPS) is 14.8. The molecule has 160 valence electrons. The first-order valence-electron chi connectivity index (χ1n) is 9.49. The van der Waals surface area contributed by atoms with Gasteiger partial charge in [0.05, 0.1) is 0 Å². The highest BCUT2D eigenvalue weighted by atomic mass is 35.5. The van der Waals surface area contributed by atoms with Crippen molar-refractivity contribution >= 4 is 12.4 Å². The van der Waals surface area contributed by atoms with E-state index >= 15 is 0 Å². The van der Waals surface area contributed by atoms with E-state index in [0.29, 0.717) is 23.7 Å². The van der Waals surface area contributed by atoms with Gasteiger partial charge < -0.3 is 15.2 Å². The Labute approximate surface area is 175 Å². The predicted molar refractivity (Wildman–Crippen MR) is 111 cm³/mol. The zero-order valence-electron chi connectivity index (χ0n) is 16.8. The average Bonchev–Trinajstić information content (AvgIpc) is 2.53. The first-order chi connectivity index (χ1) is 13.0. The molecule has 2 N–H and O–H groups in total. The molecule has 0 saturated heterocycles. The van der Waals surface area contributed by atoms with E-state index in [0.717, 1.165) is 24.0 Å². The number of benzene rings is 2. The number of alkyl halides is 3. The molecule has 0 radical (unpaired) electrons. The van der Waals surface area contributed by atoms with Crippen LogP contribution < -0.4 is 10.1 Å². The van der Waals surface area contributed by atoms with Crippen LogP contribution in [0.1, 0.15) is 51.2 Å². The minimum Gasteiger partial charge on any atom is -0.507 e. The molecule has 0 aromatic heterocycles. The lowest BCUT2D eigenvalue weighted by molar-refractivity contribution is -0.274. The van der Waals surface area contributed by atoms with Crippen molar-refractivity contribution in [3.8, 4) is 22.6 Å². The Morgan fingerprint density at radius 3 is 2.17 bits per heavy atom. The third kappa shape index (κ3) is 6.03. The topological polar surface area (TPSA) is 41.5 Å². The Balaban J connectivity index is 0.00000300. The fourth-order valence-electron chi connectivity index (χ4n) is 3.19. The van der Waals surface area contributed by atoms with Crippen molar-refractivity contribution in [1.82, 2.24) is 5.32 Å². The van der Waals surface area contributed by atoms with Gasteiger partial charge in [-0.05, 0) is 47.6 Å². The molecule has 0 bridgehead atoms. The zero-order valence-corrected chi connectivity index (χ0v) is 17.6. The van der Waals surface area contributed by atoms with Crippen LogP contribution in [0.3, 0.4) is 0 Å². The van der Waals surface area contributed by atoms with Crippen LogP contribution in [0.25, 0.3) is 11.1 Å². The van der Waals surface area contributed by atoms with E-state index in [9.17, 15) is 18.3 Å². The zero-order chi connectivity index (χ0) is 20.5. The maximum absolute atomic E-state index is 12.4. The highest BCUT2D eigenvalue weighted by molar-refractivity contribution is 5.85. The third-order valence-electron chi connectivity index (χ3n) is 5.14. The molecule has 3 rings (SSSR count). The Kier molecular flexibility index (Phi) is 7.12. The van der Waals surface area contributed by atoms with E-state index in [1.807, 2.05) is 12.1 Å². The lowest BCUT2D eigenvalue weighted by Crippen LogP contribution is -2.34. The molecule has 3 nitrogen and oxygen atoms in total. The lowest BCUT2D eigenvalue weighted by atomic mass is 9.83. The summed E-state index contributed by atoms with van der Waals surface area (Å²) in [5.74, 6) is -0.126. The van der Waals surface area contributed by atoms with Crippen molar-refractivity contribution in [1.29, 1.82) is 0 Å². The summed E-state index contributed by atoms with van der Waals surface area (Å²) in [5, 5.41) is 14.3. The summed E-state index contributed by atoms with van der Waals surface area (Å²) in [7, 11) is 0. The van der Waals surface area contributed by atoms with Crippen LogP contribution >= 0.6 is 12.4 Å². The van der Waals surface area contributed by atoms with E-state index in [2.05, 4.69) is 30.8 Å². The molecule has 2 aromatic carbocycles. The second-order valence-electron chi connectivity index (χ2n) is 8.36. The summed E-state index contributed by atoms with van der Waals surface area (Å²) in [4.78, 5) is 0. The number of phenolic OH excluding ortho intramolecular Hbond substituents is 1. The molecule has 2 aromatic rings. The molecule has 1 aliphatic rings. The Morgan fingerprint density at radius 1 is 1.07 bits per heavy atom.